The molecule has 0 atom stereocenters. The predicted molar refractivity (Wildman–Crippen MR) is 147 cm³/mol. The third-order valence-corrected chi connectivity index (χ3v) is 7.67. The summed E-state index contributed by atoms with van der Waals surface area (Å²) in [5, 5.41) is 0.658. The van der Waals surface area contributed by atoms with E-state index >= 15 is 0 Å². The molecule has 1 aliphatic rings. The molecule has 0 unspecified atom stereocenters. The zero-order valence-corrected chi connectivity index (χ0v) is 22.6. The van der Waals surface area contributed by atoms with E-state index in [9.17, 15) is 13.2 Å². The summed E-state index contributed by atoms with van der Waals surface area (Å²) in [5.41, 5.74) is 2.26. The van der Waals surface area contributed by atoms with Crippen LogP contribution in [0.1, 0.15) is 15.9 Å². The van der Waals surface area contributed by atoms with Crippen molar-refractivity contribution in [2.45, 2.75) is 6.54 Å². The van der Waals surface area contributed by atoms with Crippen molar-refractivity contribution in [2.24, 2.45) is 0 Å². The van der Waals surface area contributed by atoms with E-state index < -0.39 is 10.0 Å². The third kappa shape index (κ3) is 6.11. The molecule has 0 aromatic heterocycles. The maximum atomic E-state index is 13.8. The van der Waals surface area contributed by atoms with Gasteiger partial charge in [-0.3, -0.25) is 9.10 Å². The van der Waals surface area contributed by atoms with Crippen LogP contribution in [0.3, 0.4) is 0 Å². The highest BCUT2D eigenvalue weighted by Gasteiger charge is 2.30. The number of methoxy groups -OCH3 is 2. The second-order valence-corrected chi connectivity index (χ2v) is 11.1. The number of halogens is 1. The van der Waals surface area contributed by atoms with Gasteiger partial charge in [-0.05, 0) is 29.8 Å². The molecular formula is C27H30ClN3O5S. The van der Waals surface area contributed by atoms with Crippen molar-refractivity contribution in [1.82, 2.24) is 4.90 Å². The van der Waals surface area contributed by atoms with Gasteiger partial charge >= 0.3 is 0 Å². The number of hydrogen-bond donors (Lipinski definition) is 0. The van der Waals surface area contributed by atoms with Crippen LogP contribution in [0.25, 0.3) is 0 Å². The lowest BCUT2D eigenvalue weighted by molar-refractivity contribution is 0.0747. The van der Waals surface area contributed by atoms with Crippen LogP contribution in [0.15, 0.2) is 66.7 Å². The standard InChI is InChI=1S/C27H30ClN3O5S/c1-35-25-17-23(27(32)30-14-12-29(13-15-30)22-11-7-10-21(28)16-22)24(18-26(25)36-2)31(37(3,33)34)19-20-8-5-4-6-9-20/h4-11,16-18H,12-15,19H2,1-3H3. The lowest BCUT2D eigenvalue weighted by atomic mass is 10.1. The Labute approximate surface area is 223 Å². The van der Waals surface area contributed by atoms with Gasteiger partial charge in [0, 0.05) is 43.0 Å². The van der Waals surface area contributed by atoms with Crippen LogP contribution in [0.5, 0.6) is 11.5 Å². The Hall–Kier alpha value is -3.43. The van der Waals surface area contributed by atoms with Gasteiger partial charge in [-0.2, -0.15) is 0 Å². The van der Waals surface area contributed by atoms with Crippen molar-refractivity contribution >= 4 is 38.9 Å². The fraction of sp³-hybridized carbons (Fsp3) is 0.296. The summed E-state index contributed by atoms with van der Waals surface area (Å²) in [6.07, 6.45) is 1.13. The van der Waals surface area contributed by atoms with Crippen LogP contribution < -0.4 is 18.7 Å². The first-order valence-electron chi connectivity index (χ1n) is 11.8. The van der Waals surface area contributed by atoms with Crippen LogP contribution in [0, 0.1) is 0 Å². The Balaban J connectivity index is 1.68. The minimum atomic E-state index is -3.75. The normalized spacial score (nSPS) is 13.8. The molecule has 1 saturated heterocycles. The van der Waals surface area contributed by atoms with Gasteiger partial charge in [0.25, 0.3) is 5.91 Å². The molecule has 0 N–H and O–H groups in total. The first-order chi connectivity index (χ1) is 17.7. The molecule has 0 saturated carbocycles. The van der Waals surface area contributed by atoms with Gasteiger partial charge in [-0.15, -0.1) is 0 Å². The van der Waals surface area contributed by atoms with E-state index in [0.717, 1.165) is 17.5 Å². The first-order valence-corrected chi connectivity index (χ1v) is 14.0. The maximum Gasteiger partial charge on any atom is 0.256 e. The van der Waals surface area contributed by atoms with Gasteiger partial charge in [0.2, 0.25) is 10.0 Å². The van der Waals surface area contributed by atoms with Crippen LogP contribution in [0.2, 0.25) is 5.02 Å². The average Bonchev–Trinajstić information content (AvgIpc) is 2.90. The van der Waals surface area contributed by atoms with E-state index in [-0.39, 0.29) is 23.7 Å². The third-order valence-electron chi connectivity index (χ3n) is 6.31. The Kier molecular flexibility index (Phi) is 8.14. The average molecular weight is 544 g/mol. The van der Waals surface area contributed by atoms with Crippen LogP contribution in [0.4, 0.5) is 11.4 Å². The number of sulfonamides is 1. The van der Waals surface area contributed by atoms with E-state index in [0.29, 0.717) is 42.7 Å². The number of ether oxygens (including phenoxy) is 2. The number of rotatable bonds is 8. The number of anilines is 2. The largest absolute Gasteiger partial charge is 0.493 e. The summed E-state index contributed by atoms with van der Waals surface area (Å²) in [5.74, 6) is 0.408. The molecule has 1 aliphatic heterocycles. The molecule has 3 aromatic rings. The topological polar surface area (TPSA) is 79.4 Å². The molecular weight excluding hydrogens is 514 g/mol. The van der Waals surface area contributed by atoms with Gasteiger partial charge in [0.1, 0.15) is 0 Å². The van der Waals surface area contributed by atoms with E-state index in [1.165, 1.54) is 18.5 Å². The minimum absolute atomic E-state index is 0.0674. The summed E-state index contributed by atoms with van der Waals surface area (Å²) in [4.78, 5) is 17.7. The Morgan fingerprint density at radius 1 is 0.919 bits per heavy atom. The van der Waals surface area contributed by atoms with E-state index in [1.54, 1.807) is 17.0 Å². The summed E-state index contributed by atoms with van der Waals surface area (Å²) in [7, 11) is -0.798. The Bertz CT molecular complexity index is 1360. The van der Waals surface area contributed by atoms with Crippen molar-refractivity contribution in [3.63, 3.8) is 0 Å². The molecule has 0 aliphatic carbocycles. The van der Waals surface area contributed by atoms with Gasteiger partial charge < -0.3 is 19.3 Å². The molecule has 3 aromatic carbocycles. The first kappa shape index (κ1) is 26.6. The second-order valence-electron chi connectivity index (χ2n) is 8.74. The second kappa shape index (κ2) is 11.3. The smallest absolute Gasteiger partial charge is 0.256 e. The summed E-state index contributed by atoms with van der Waals surface area (Å²) in [6, 6.07) is 20.0. The summed E-state index contributed by atoms with van der Waals surface area (Å²) in [6.45, 7) is 2.24. The lowest BCUT2D eigenvalue weighted by Gasteiger charge is -2.37. The van der Waals surface area contributed by atoms with Crippen molar-refractivity contribution in [2.75, 3.05) is 55.9 Å². The van der Waals surface area contributed by atoms with Crippen LogP contribution in [-0.2, 0) is 16.6 Å². The molecule has 1 amide bonds. The molecule has 196 valence electrons. The van der Waals surface area contributed by atoms with Crippen molar-refractivity contribution in [1.29, 1.82) is 0 Å². The molecule has 1 heterocycles. The van der Waals surface area contributed by atoms with Gasteiger partial charge in [0.15, 0.2) is 11.5 Å². The summed E-state index contributed by atoms with van der Waals surface area (Å²) >= 11 is 6.15. The number of nitrogens with zero attached hydrogens (tertiary/aromatic N) is 3. The highest BCUT2D eigenvalue weighted by atomic mass is 35.5. The van der Waals surface area contributed by atoms with Crippen molar-refractivity contribution in [3.05, 3.63) is 82.9 Å². The van der Waals surface area contributed by atoms with Gasteiger partial charge in [0.05, 0.1) is 38.3 Å². The van der Waals surface area contributed by atoms with E-state index in [1.807, 2.05) is 54.6 Å². The highest BCUT2D eigenvalue weighted by molar-refractivity contribution is 7.92. The number of piperazine rings is 1. The van der Waals surface area contributed by atoms with E-state index in [2.05, 4.69) is 4.90 Å². The molecule has 37 heavy (non-hydrogen) atoms. The fourth-order valence-electron chi connectivity index (χ4n) is 4.39. The number of benzene rings is 3. The molecule has 0 bridgehead atoms. The fourth-order valence-corrected chi connectivity index (χ4v) is 5.46. The molecule has 0 spiro atoms. The quantitative estimate of drug-likeness (QED) is 0.422. The monoisotopic (exact) mass is 543 g/mol. The van der Waals surface area contributed by atoms with Crippen molar-refractivity contribution < 1.29 is 22.7 Å². The molecule has 0 radical (unpaired) electrons. The zero-order valence-electron chi connectivity index (χ0n) is 21.1. The maximum absolute atomic E-state index is 13.8. The SMILES string of the molecule is COc1cc(C(=O)N2CCN(c3cccc(Cl)c3)CC2)c(N(Cc2ccccc2)S(C)(=O)=O)cc1OC. The molecule has 8 nitrogen and oxygen atoms in total. The summed E-state index contributed by atoms with van der Waals surface area (Å²) < 4.78 is 38.1. The highest BCUT2D eigenvalue weighted by Crippen LogP contribution is 2.37. The Morgan fingerprint density at radius 3 is 2.16 bits per heavy atom. The predicted octanol–water partition coefficient (Wildman–Crippen LogP) is 4.29. The molecule has 1 fully saturated rings. The molecule has 10 heteroatoms. The van der Waals surface area contributed by atoms with Crippen LogP contribution in [-0.4, -0.2) is 65.9 Å². The van der Waals surface area contributed by atoms with Crippen molar-refractivity contribution in [3.8, 4) is 11.5 Å². The van der Waals surface area contributed by atoms with Gasteiger partial charge in [-0.1, -0.05) is 48.0 Å². The van der Waals surface area contributed by atoms with Gasteiger partial charge in [-0.25, -0.2) is 8.42 Å². The Morgan fingerprint density at radius 2 is 1.57 bits per heavy atom. The van der Waals surface area contributed by atoms with Crippen LogP contribution >= 0.6 is 11.6 Å². The number of hydrogen-bond acceptors (Lipinski definition) is 6. The number of carbonyl (C=O) groups excluding carboxylic acids is 1. The lowest BCUT2D eigenvalue weighted by Crippen LogP contribution is -2.49. The number of amides is 1. The van der Waals surface area contributed by atoms with E-state index in [4.69, 9.17) is 21.1 Å². The molecule has 4 rings (SSSR count). The zero-order chi connectivity index (χ0) is 26.6. The minimum Gasteiger partial charge on any atom is -0.493 e. The number of carbonyl (C=O) groups is 1.